The van der Waals surface area contributed by atoms with Crippen molar-refractivity contribution < 1.29 is 4.74 Å². The van der Waals surface area contributed by atoms with Gasteiger partial charge in [0.2, 0.25) is 0 Å². The van der Waals surface area contributed by atoms with Crippen molar-refractivity contribution >= 4 is 11.8 Å². The second-order valence-corrected chi connectivity index (χ2v) is 4.82. The van der Waals surface area contributed by atoms with Gasteiger partial charge in [0.25, 0.3) is 0 Å². The lowest BCUT2D eigenvalue weighted by Gasteiger charge is -2.16. The zero-order valence-corrected chi connectivity index (χ0v) is 9.69. The molecule has 1 aliphatic rings. The smallest absolute Gasteiger partial charge is 0.0704 e. The monoisotopic (exact) mass is 203 g/mol. The summed E-state index contributed by atoms with van der Waals surface area (Å²) in [5.41, 5.74) is 0. The van der Waals surface area contributed by atoms with Crippen LogP contribution in [0.4, 0.5) is 0 Å². The molecule has 2 nitrogen and oxygen atoms in total. The number of thioether (sulfide) groups is 1. The third kappa shape index (κ3) is 4.34. The van der Waals surface area contributed by atoms with Gasteiger partial charge in [-0.1, -0.05) is 0 Å². The first-order valence-electron chi connectivity index (χ1n) is 5.10. The Bertz CT molecular complexity index is 143. The van der Waals surface area contributed by atoms with Gasteiger partial charge in [0.05, 0.1) is 12.2 Å². The molecule has 3 unspecified atom stereocenters. The lowest BCUT2D eigenvalue weighted by molar-refractivity contribution is 0.0550. The van der Waals surface area contributed by atoms with Crippen molar-refractivity contribution in [3.8, 4) is 0 Å². The molecular formula is C10H21NOS. The summed E-state index contributed by atoms with van der Waals surface area (Å²) in [5.74, 6) is 1.18. The lowest BCUT2D eigenvalue weighted by Crippen LogP contribution is -2.35. The Morgan fingerprint density at radius 1 is 1.54 bits per heavy atom. The molecule has 1 fully saturated rings. The summed E-state index contributed by atoms with van der Waals surface area (Å²) in [7, 11) is 0. The molecule has 0 aromatic heterocycles. The molecule has 0 saturated carbocycles. The molecule has 1 saturated heterocycles. The quantitative estimate of drug-likeness (QED) is 0.737. The molecule has 3 heteroatoms. The number of ether oxygens (including phenoxy) is 1. The summed E-state index contributed by atoms with van der Waals surface area (Å²) in [6.45, 7) is 5.41. The molecule has 0 aromatic rings. The summed E-state index contributed by atoms with van der Waals surface area (Å²) < 4.78 is 5.72. The summed E-state index contributed by atoms with van der Waals surface area (Å²) >= 11 is 1.89. The van der Waals surface area contributed by atoms with Crippen LogP contribution in [0.25, 0.3) is 0 Å². The summed E-state index contributed by atoms with van der Waals surface area (Å²) in [4.78, 5) is 0. The maximum Gasteiger partial charge on any atom is 0.0704 e. The van der Waals surface area contributed by atoms with E-state index in [4.69, 9.17) is 4.74 Å². The second-order valence-electron chi connectivity index (χ2n) is 3.91. The number of hydrogen-bond donors (Lipinski definition) is 1. The van der Waals surface area contributed by atoms with E-state index in [0.29, 0.717) is 18.2 Å². The molecule has 0 amide bonds. The van der Waals surface area contributed by atoms with E-state index in [1.807, 2.05) is 11.8 Å². The molecule has 1 rings (SSSR count). The van der Waals surface area contributed by atoms with E-state index in [2.05, 4.69) is 25.4 Å². The van der Waals surface area contributed by atoms with Crippen LogP contribution in [0.1, 0.15) is 26.7 Å². The maximum absolute atomic E-state index is 5.72. The fraction of sp³-hybridized carbons (Fsp3) is 1.00. The summed E-state index contributed by atoms with van der Waals surface area (Å²) in [5, 5.41) is 3.50. The molecular weight excluding hydrogens is 182 g/mol. The van der Waals surface area contributed by atoms with Gasteiger partial charge in [0, 0.05) is 18.3 Å². The molecule has 13 heavy (non-hydrogen) atoms. The van der Waals surface area contributed by atoms with Crippen LogP contribution in [0.5, 0.6) is 0 Å². The Morgan fingerprint density at radius 3 is 2.85 bits per heavy atom. The minimum Gasteiger partial charge on any atom is -0.374 e. The average molecular weight is 203 g/mol. The zero-order chi connectivity index (χ0) is 9.68. The van der Waals surface area contributed by atoms with Crippen LogP contribution in [-0.4, -0.2) is 36.8 Å². The van der Waals surface area contributed by atoms with Gasteiger partial charge in [-0.3, -0.25) is 0 Å². The van der Waals surface area contributed by atoms with Crippen molar-refractivity contribution in [2.75, 3.05) is 18.6 Å². The highest BCUT2D eigenvalue weighted by atomic mass is 32.2. The average Bonchev–Trinajstić information content (AvgIpc) is 2.49. The molecule has 3 atom stereocenters. The Morgan fingerprint density at radius 2 is 2.31 bits per heavy atom. The van der Waals surface area contributed by atoms with Crippen LogP contribution < -0.4 is 5.32 Å². The number of rotatable bonds is 5. The third-order valence-electron chi connectivity index (χ3n) is 2.43. The standard InChI is InChI=1S/C10H21NOS/c1-8(7-13-3)11-6-10-5-4-9(2)12-10/h8-11H,4-7H2,1-3H3. The minimum atomic E-state index is 0.458. The van der Waals surface area contributed by atoms with Gasteiger partial charge in [-0.05, 0) is 32.9 Å². The van der Waals surface area contributed by atoms with E-state index in [1.165, 1.54) is 18.6 Å². The minimum absolute atomic E-state index is 0.458. The van der Waals surface area contributed by atoms with Gasteiger partial charge in [0.1, 0.15) is 0 Å². The topological polar surface area (TPSA) is 21.3 Å². The third-order valence-corrected chi connectivity index (χ3v) is 3.26. The highest BCUT2D eigenvalue weighted by molar-refractivity contribution is 7.98. The molecule has 0 aromatic carbocycles. The largest absolute Gasteiger partial charge is 0.374 e. The van der Waals surface area contributed by atoms with Gasteiger partial charge in [0.15, 0.2) is 0 Å². The number of nitrogens with one attached hydrogen (secondary N) is 1. The summed E-state index contributed by atoms with van der Waals surface area (Å²) in [6, 6.07) is 0.606. The summed E-state index contributed by atoms with van der Waals surface area (Å²) in [6.07, 6.45) is 5.53. The SMILES string of the molecule is CSCC(C)NCC1CCC(C)O1. The molecule has 0 bridgehead atoms. The van der Waals surface area contributed by atoms with Crippen molar-refractivity contribution in [2.45, 2.75) is 44.9 Å². The van der Waals surface area contributed by atoms with Gasteiger partial charge < -0.3 is 10.1 Å². The van der Waals surface area contributed by atoms with E-state index >= 15 is 0 Å². The van der Waals surface area contributed by atoms with Crippen LogP contribution in [0.15, 0.2) is 0 Å². The fourth-order valence-corrected chi connectivity index (χ4v) is 2.29. The maximum atomic E-state index is 5.72. The highest BCUT2D eigenvalue weighted by Gasteiger charge is 2.21. The van der Waals surface area contributed by atoms with E-state index in [9.17, 15) is 0 Å². The predicted octanol–water partition coefficient (Wildman–Crippen LogP) is 1.90. The van der Waals surface area contributed by atoms with Crippen molar-refractivity contribution in [2.24, 2.45) is 0 Å². The second kappa shape index (κ2) is 5.89. The van der Waals surface area contributed by atoms with Crippen LogP contribution in [0.2, 0.25) is 0 Å². The van der Waals surface area contributed by atoms with E-state index in [0.717, 1.165) is 6.54 Å². The first kappa shape index (κ1) is 11.3. The van der Waals surface area contributed by atoms with Crippen molar-refractivity contribution in [1.29, 1.82) is 0 Å². The number of hydrogen-bond acceptors (Lipinski definition) is 3. The Labute approximate surface area is 85.8 Å². The van der Waals surface area contributed by atoms with E-state index in [-0.39, 0.29) is 0 Å². The van der Waals surface area contributed by atoms with E-state index in [1.54, 1.807) is 0 Å². The molecule has 0 spiro atoms. The zero-order valence-electron chi connectivity index (χ0n) is 8.88. The van der Waals surface area contributed by atoms with Gasteiger partial charge in [-0.25, -0.2) is 0 Å². The van der Waals surface area contributed by atoms with Crippen LogP contribution in [-0.2, 0) is 4.74 Å². The van der Waals surface area contributed by atoms with Crippen molar-refractivity contribution in [1.82, 2.24) is 5.32 Å². The first-order valence-corrected chi connectivity index (χ1v) is 6.49. The van der Waals surface area contributed by atoms with Gasteiger partial charge in [-0.2, -0.15) is 11.8 Å². The Balaban J connectivity index is 2.05. The van der Waals surface area contributed by atoms with E-state index < -0.39 is 0 Å². The molecule has 78 valence electrons. The van der Waals surface area contributed by atoms with Crippen molar-refractivity contribution in [3.05, 3.63) is 0 Å². The Kier molecular flexibility index (Phi) is 5.14. The van der Waals surface area contributed by atoms with Crippen LogP contribution >= 0.6 is 11.8 Å². The molecule has 1 N–H and O–H groups in total. The normalized spacial score (nSPS) is 30.7. The van der Waals surface area contributed by atoms with Gasteiger partial charge in [-0.15, -0.1) is 0 Å². The molecule has 1 heterocycles. The molecule has 0 radical (unpaired) electrons. The molecule has 1 aliphatic heterocycles. The van der Waals surface area contributed by atoms with Gasteiger partial charge >= 0.3 is 0 Å². The van der Waals surface area contributed by atoms with Crippen LogP contribution in [0, 0.1) is 0 Å². The lowest BCUT2D eigenvalue weighted by atomic mass is 10.2. The highest BCUT2D eigenvalue weighted by Crippen LogP contribution is 2.18. The van der Waals surface area contributed by atoms with Crippen LogP contribution in [0.3, 0.4) is 0 Å². The Hall–Kier alpha value is 0.270. The van der Waals surface area contributed by atoms with Crippen molar-refractivity contribution in [3.63, 3.8) is 0 Å². The first-order chi connectivity index (χ1) is 6.22. The molecule has 0 aliphatic carbocycles. The fourth-order valence-electron chi connectivity index (χ4n) is 1.68. The predicted molar refractivity (Wildman–Crippen MR) is 59.4 cm³/mol.